The Morgan fingerprint density at radius 2 is 2.06 bits per heavy atom. The predicted molar refractivity (Wildman–Crippen MR) is 64.2 cm³/mol. The van der Waals surface area contributed by atoms with E-state index in [9.17, 15) is 13.2 Å². The molecule has 1 fully saturated rings. The molecule has 1 saturated heterocycles. The topological polar surface area (TPSA) is 47.6 Å². The predicted octanol–water partition coefficient (Wildman–Crippen LogP) is 3.01. The van der Waals surface area contributed by atoms with Crippen LogP contribution in [0, 0.1) is 5.41 Å². The van der Waals surface area contributed by atoms with E-state index in [-0.39, 0.29) is 11.5 Å². The van der Waals surface area contributed by atoms with Gasteiger partial charge in [-0.3, -0.25) is 0 Å². The van der Waals surface area contributed by atoms with Crippen molar-refractivity contribution in [3.8, 4) is 0 Å². The lowest BCUT2D eigenvalue weighted by Crippen LogP contribution is -2.32. The maximum absolute atomic E-state index is 12.5. The molecule has 0 radical (unpaired) electrons. The zero-order chi connectivity index (χ0) is 14.0. The first-order chi connectivity index (χ1) is 8.15. The van der Waals surface area contributed by atoms with E-state index in [0.29, 0.717) is 18.6 Å². The molecule has 104 valence electrons. The Kier molecular flexibility index (Phi) is 4.42. The molecule has 3 nitrogen and oxygen atoms in total. The molecule has 0 amide bonds. The molecule has 1 unspecified atom stereocenters. The summed E-state index contributed by atoms with van der Waals surface area (Å²) >= 11 is 0. The highest BCUT2D eigenvalue weighted by atomic mass is 19.4. The first-order valence-corrected chi connectivity index (χ1v) is 5.80. The Morgan fingerprint density at radius 1 is 1.44 bits per heavy atom. The average Bonchev–Trinajstić information content (AvgIpc) is 2.22. The van der Waals surface area contributed by atoms with Crippen molar-refractivity contribution in [3.63, 3.8) is 0 Å². The minimum atomic E-state index is -4.53. The largest absolute Gasteiger partial charge is 0.435 e. The van der Waals surface area contributed by atoms with Crippen molar-refractivity contribution in [2.45, 2.75) is 45.9 Å². The normalized spacial score (nSPS) is 26.2. The second kappa shape index (κ2) is 5.30. The maximum Gasteiger partial charge on any atom is 0.435 e. The molecular weight excluding hydrogens is 245 g/mol. The van der Waals surface area contributed by atoms with Gasteiger partial charge in [-0.15, -0.1) is 0 Å². The van der Waals surface area contributed by atoms with Gasteiger partial charge < -0.3 is 10.6 Å². The van der Waals surface area contributed by atoms with E-state index < -0.39 is 11.9 Å². The van der Waals surface area contributed by atoms with Gasteiger partial charge in [0, 0.05) is 6.61 Å². The summed E-state index contributed by atoms with van der Waals surface area (Å²) in [5, 5.41) is 2.79. The van der Waals surface area contributed by atoms with E-state index in [0.717, 1.165) is 12.5 Å². The molecule has 0 saturated carbocycles. The van der Waals surface area contributed by atoms with Gasteiger partial charge in [-0.25, -0.2) is 0 Å². The molecule has 1 atom stereocenters. The number of alkyl halides is 3. The molecule has 0 spiro atoms. The number of ether oxygens (including phenoxy) is 1. The van der Waals surface area contributed by atoms with Crippen molar-refractivity contribution < 1.29 is 17.9 Å². The molecule has 0 aliphatic carbocycles. The fourth-order valence-electron chi connectivity index (χ4n) is 1.93. The van der Waals surface area contributed by atoms with Crippen LogP contribution in [0.5, 0.6) is 0 Å². The molecule has 1 heterocycles. The number of hydrazone groups is 1. The van der Waals surface area contributed by atoms with Gasteiger partial charge in [-0.2, -0.15) is 18.3 Å². The fraction of sp³-hybridized carbons (Fsp3) is 0.750. The van der Waals surface area contributed by atoms with Crippen LogP contribution in [0.3, 0.4) is 0 Å². The Hall–Kier alpha value is -1.04. The summed E-state index contributed by atoms with van der Waals surface area (Å²) in [5.41, 5.74) is -0.493. The fourth-order valence-corrected chi connectivity index (χ4v) is 1.93. The Balaban J connectivity index is 2.83. The molecule has 6 heteroatoms. The number of allylic oxidation sites excluding steroid dienone is 1. The van der Waals surface area contributed by atoms with Gasteiger partial charge in [0.25, 0.3) is 0 Å². The van der Waals surface area contributed by atoms with E-state index >= 15 is 0 Å². The third-order valence-corrected chi connectivity index (χ3v) is 3.14. The van der Waals surface area contributed by atoms with Crippen LogP contribution in [0.4, 0.5) is 13.2 Å². The summed E-state index contributed by atoms with van der Waals surface area (Å²) in [6.45, 7) is 6.34. The van der Waals surface area contributed by atoms with Crippen molar-refractivity contribution in [2.75, 3.05) is 6.61 Å². The van der Waals surface area contributed by atoms with Crippen LogP contribution in [0.15, 0.2) is 16.8 Å². The van der Waals surface area contributed by atoms with E-state index in [1.807, 2.05) is 0 Å². The second-order valence-corrected chi connectivity index (χ2v) is 5.38. The van der Waals surface area contributed by atoms with Gasteiger partial charge in [0.2, 0.25) is 0 Å². The van der Waals surface area contributed by atoms with E-state index in [1.54, 1.807) is 6.92 Å². The molecule has 2 N–H and O–H groups in total. The lowest BCUT2D eigenvalue weighted by atomic mass is 9.80. The number of halogens is 3. The maximum atomic E-state index is 12.5. The van der Waals surface area contributed by atoms with E-state index in [1.165, 1.54) is 0 Å². The minimum Gasteiger partial charge on any atom is -0.374 e. The van der Waals surface area contributed by atoms with Crippen molar-refractivity contribution in [1.82, 2.24) is 0 Å². The van der Waals surface area contributed by atoms with Crippen LogP contribution in [0.2, 0.25) is 0 Å². The summed E-state index contributed by atoms with van der Waals surface area (Å²) in [4.78, 5) is 0. The molecule has 0 aromatic heterocycles. The van der Waals surface area contributed by atoms with Crippen LogP contribution in [-0.2, 0) is 4.74 Å². The summed E-state index contributed by atoms with van der Waals surface area (Å²) in [6, 6.07) is 0. The molecule has 0 aromatic carbocycles. The minimum absolute atomic E-state index is 0.0796. The number of nitrogens with zero attached hydrogens (tertiary/aromatic N) is 1. The Morgan fingerprint density at radius 3 is 2.50 bits per heavy atom. The number of hydrogen-bond donors (Lipinski definition) is 1. The zero-order valence-corrected chi connectivity index (χ0v) is 10.8. The number of hydrogen-bond acceptors (Lipinski definition) is 3. The van der Waals surface area contributed by atoms with Gasteiger partial charge in [0.05, 0.1) is 6.10 Å². The summed E-state index contributed by atoms with van der Waals surface area (Å²) in [6.07, 6.45) is -2.25. The Labute approximate surface area is 105 Å². The number of nitrogens with two attached hydrogens (primary N) is 1. The highest BCUT2D eigenvalue weighted by Crippen LogP contribution is 2.35. The smallest absolute Gasteiger partial charge is 0.374 e. The first-order valence-electron chi connectivity index (χ1n) is 5.80. The Bertz CT molecular complexity index is 359. The lowest BCUT2D eigenvalue weighted by Gasteiger charge is -2.35. The SMILES string of the molecule is C/C(=C\C(=N/N)C(F)(F)F)C1CC(C)(C)CCO1. The van der Waals surface area contributed by atoms with E-state index in [4.69, 9.17) is 10.6 Å². The van der Waals surface area contributed by atoms with Crippen LogP contribution in [-0.4, -0.2) is 24.6 Å². The zero-order valence-electron chi connectivity index (χ0n) is 10.8. The lowest BCUT2D eigenvalue weighted by molar-refractivity contribution is -0.0580. The highest BCUT2D eigenvalue weighted by Gasteiger charge is 2.36. The summed E-state index contributed by atoms with van der Waals surface area (Å²) < 4.78 is 43.0. The van der Waals surface area contributed by atoms with Crippen LogP contribution < -0.4 is 5.84 Å². The highest BCUT2D eigenvalue weighted by molar-refractivity contribution is 5.99. The van der Waals surface area contributed by atoms with Crippen LogP contribution in [0.25, 0.3) is 0 Å². The van der Waals surface area contributed by atoms with Crippen molar-refractivity contribution in [3.05, 3.63) is 11.6 Å². The molecular formula is C12H19F3N2O. The van der Waals surface area contributed by atoms with Crippen molar-refractivity contribution >= 4 is 5.71 Å². The third-order valence-electron chi connectivity index (χ3n) is 3.14. The first kappa shape index (κ1) is 15.0. The quantitative estimate of drug-likeness (QED) is 0.473. The van der Waals surface area contributed by atoms with Crippen molar-refractivity contribution in [1.29, 1.82) is 0 Å². The van der Waals surface area contributed by atoms with Crippen molar-refractivity contribution in [2.24, 2.45) is 16.4 Å². The summed E-state index contributed by atoms with van der Waals surface area (Å²) in [7, 11) is 0. The molecule has 0 aromatic rings. The third kappa shape index (κ3) is 4.01. The molecule has 1 rings (SSSR count). The molecule has 18 heavy (non-hydrogen) atoms. The standard InChI is InChI=1S/C12H19F3N2O/c1-8(6-10(17-16)12(13,14)15)9-7-11(2,3)4-5-18-9/h6,9H,4-5,7,16H2,1-3H3/b8-6+,17-10+. The average molecular weight is 264 g/mol. The summed E-state index contributed by atoms with van der Waals surface area (Å²) in [5.74, 6) is 4.77. The van der Waals surface area contributed by atoms with Gasteiger partial charge >= 0.3 is 6.18 Å². The second-order valence-electron chi connectivity index (χ2n) is 5.38. The van der Waals surface area contributed by atoms with Gasteiger partial charge in [-0.05, 0) is 36.8 Å². The van der Waals surface area contributed by atoms with Gasteiger partial charge in [0.15, 0.2) is 5.71 Å². The monoisotopic (exact) mass is 264 g/mol. The molecule has 1 aliphatic rings. The molecule has 1 aliphatic heterocycles. The van der Waals surface area contributed by atoms with Gasteiger partial charge in [0.1, 0.15) is 0 Å². The van der Waals surface area contributed by atoms with Gasteiger partial charge in [-0.1, -0.05) is 13.8 Å². The number of rotatable bonds is 2. The van der Waals surface area contributed by atoms with Crippen LogP contribution >= 0.6 is 0 Å². The molecule has 0 bridgehead atoms. The van der Waals surface area contributed by atoms with E-state index in [2.05, 4.69) is 18.9 Å². The van der Waals surface area contributed by atoms with Crippen LogP contribution in [0.1, 0.15) is 33.6 Å².